The number of rotatable bonds is 6. The first-order valence-electron chi connectivity index (χ1n) is 6.58. The maximum absolute atomic E-state index is 10.5. The van der Waals surface area contributed by atoms with E-state index in [0.29, 0.717) is 12.3 Å². The SMILES string of the molecule is CCCOC(c1ccc(O)cc1)c1ccc(N=O)cc1. The van der Waals surface area contributed by atoms with Crippen LogP contribution in [0.1, 0.15) is 30.6 Å². The molecule has 20 heavy (non-hydrogen) atoms. The Morgan fingerprint density at radius 3 is 2.10 bits per heavy atom. The van der Waals surface area contributed by atoms with Gasteiger partial charge in [-0.25, -0.2) is 0 Å². The number of ether oxygens (including phenoxy) is 1. The molecule has 0 radical (unpaired) electrons. The minimum absolute atomic E-state index is 0.212. The third-order valence-electron chi connectivity index (χ3n) is 2.99. The molecule has 4 heteroatoms. The zero-order valence-electron chi connectivity index (χ0n) is 11.3. The lowest BCUT2D eigenvalue weighted by atomic mass is 10.0. The fraction of sp³-hybridized carbons (Fsp3) is 0.250. The molecule has 0 aromatic heterocycles. The first kappa shape index (κ1) is 14.2. The summed E-state index contributed by atoms with van der Waals surface area (Å²) < 4.78 is 5.89. The molecule has 0 amide bonds. The Hall–Kier alpha value is -2.20. The molecule has 1 atom stereocenters. The third kappa shape index (κ3) is 3.42. The molecule has 0 aliphatic rings. The summed E-state index contributed by atoms with van der Waals surface area (Å²) in [6.45, 7) is 2.69. The molecule has 1 N–H and O–H groups in total. The number of phenols is 1. The molecule has 0 fully saturated rings. The lowest BCUT2D eigenvalue weighted by Gasteiger charge is -2.18. The van der Waals surface area contributed by atoms with E-state index in [2.05, 4.69) is 5.18 Å². The van der Waals surface area contributed by atoms with Gasteiger partial charge in [-0.05, 0) is 47.0 Å². The molecule has 0 bridgehead atoms. The van der Waals surface area contributed by atoms with Gasteiger partial charge < -0.3 is 9.84 Å². The minimum atomic E-state index is -0.212. The molecular weight excluding hydrogens is 254 g/mol. The summed E-state index contributed by atoms with van der Waals surface area (Å²) in [5, 5.41) is 12.3. The third-order valence-corrected chi connectivity index (χ3v) is 2.99. The van der Waals surface area contributed by atoms with Crippen molar-refractivity contribution in [3.63, 3.8) is 0 Å². The van der Waals surface area contributed by atoms with Crippen LogP contribution >= 0.6 is 0 Å². The van der Waals surface area contributed by atoms with Crippen molar-refractivity contribution in [1.29, 1.82) is 0 Å². The van der Waals surface area contributed by atoms with E-state index in [1.165, 1.54) is 0 Å². The van der Waals surface area contributed by atoms with Gasteiger partial charge in [0.15, 0.2) is 0 Å². The van der Waals surface area contributed by atoms with Crippen LogP contribution in [-0.2, 0) is 4.74 Å². The highest BCUT2D eigenvalue weighted by Gasteiger charge is 2.14. The fourth-order valence-electron chi connectivity index (χ4n) is 1.98. The highest BCUT2D eigenvalue weighted by atomic mass is 16.5. The van der Waals surface area contributed by atoms with Gasteiger partial charge in [0.25, 0.3) is 0 Å². The van der Waals surface area contributed by atoms with Crippen molar-refractivity contribution < 1.29 is 9.84 Å². The van der Waals surface area contributed by atoms with Gasteiger partial charge in [0.1, 0.15) is 17.5 Å². The van der Waals surface area contributed by atoms with E-state index in [0.717, 1.165) is 17.5 Å². The van der Waals surface area contributed by atoms with E-state index < -0.39 is 0 Å². The van der Waals surface area contributed by atoms with Crippen LogP contribution in [0, 0.1) is 4.91 Å². The van der Waals surface area contributed by atoms with Crippen LogP contribution < -0.4 is 0 Å². The van der Waals surface area contributed by atoms with E-state index in [9.17, 15) is 10.0 Å². The van der Waals surface area contributed by atoms with Crippen LogP contribution in [0.3, 0.4) is 0 Å². The molecule has 4 nitrogen and oxygen atoms in total. The van der Waals surface area contributed by atoms with Gasteiger partial charge in [0.2, 0.25) is 0 Å². The molecule has 2 rings (SSSR count). The standard InChI is InChI=1S/C16H17NO3/c1-2-11-20-16(13-5-9-15(18)10-6-13)12-3-7-14(17-19)8-4-12/h3-10,16,18H,2,11H2,1H3. The highest BCUT2D eigenvalue weighted by molar-refractivity contribution is 5.41. The van der Waals surface area contributed by atoms with Crippen molar-refractivity contribution in [1.82, 2.24) is 0 Å². The summed E-state index contributed by atoms with van der Waals surface area (Å²) >= 11 is 0. The van der Waals surface area contributed by atoms with E-state index >= 15 is 0 Å². The van der Waals surface area contributed by atoms with Gasteiger partial charge in [-0.15, -0.1) is 4.91 Å². The van der Waals surface area contributed by atoms with Gasteiger partial charge >= 0.3 is 0 Å². The second-order valence-electron chi connectivity index (χ2n) is 4.53. The largest absolute Gasteiger partial charge is 0.508 e. The van der Waals surface area contributed by atoms with E-state index in [-0.39, 0.29) is 11.9 Å². The maximum atomic E-state index is 10.5. The maximum Gasteiger partial charge on any atom is 0.115 e. The monoisotopic (exact) mass is 271 g/mol. The highest BCUT2D eigenvalue weighted by Crippen LogP contribution is 2.28. The summed E-state index contributed by atoms with van der Waals surface area (Å²) in [6.07, 6.45) is 0.707. The molecule has 0 heterocycles. The zero-order chi connectivity index (χ0) is 14.4. The smallest absolute Gasteiger partial charge is 0.115 e. The fourth-order valence-corrected chi connectivity index (χ4v) is 1.98. The molecule has 0 aliphatic carbocycles. The molecule has 2 aromatic carbocycles. The Bertz CT molecular complexity index is 549. The molecular formula is C16H17NO3. The Morgan fingerprint density at radius 1 is 1.05 bits per heavy atom. The van der Waals surface area contributed by atoms with E-state index in [4.69, 9.17) is 4.74 Å². The van der Waals surface area contributed by atoms with Gasteiger partial charge in [0, 0.05) is 6.61 Å². The average molecular weight is 271 g/mol. The molecule has 0 saturated carbocycles. The van der Waals surface area contributed by atoms with E-state index in [1.54, 1.807) is 24.3 Å². The zero-order valence-corrected chi connectivity index (χ0v) is 11.3. The van der Waals surface area contributed by atoms with Crippen LogP contribution in [0.5, 0.6) is 5.75 Å². The lowest BCUT2D eigenvalue weighted by Crippen LogP contribution is -2.06. The summed E-state index contributed by atoms with van der Waals surface area (Å²) in [7, 11) is 0. The Kier molecular flexibility index (Phi) is 4.85. The van der Waals surface area contributed by atoms with Crippen molar-refractivity contribution in [3.05, 3.63) is 64.6 Å². The number of phenolic OH excluding ortho intramolecular Hbond substituents is 1. The van der Waals surface area contributed by atoms with Crippen LogP contribution in [0.15, 0.2) is 53.7 Å². The van der Waals surface area contributed by atoms with Gasteiger partial charge in [-0.3, -0.25) is 0 Å². The average Bonchev–Trinajstić information content (AvgIpc) is 2.50. The lowest BCUT2D eigenvalue weighted by molar-refractivity contribution is 0.0806. The normalized spacial score (nSPS) is 12.1. The second-order valence-corrected chi connectivity index (χ2v) is 4.53. The Labute approximate surface area is 118 Å². The molecule has 104 valence electrons. The molecule has 1 unspecified atom stereocenters. The van der Waals surface area contributed by atoms with Crippen molar-refractivity contribution in [2.24, 2.45) is 5.18 Å². The van der Waals surface area contributed by atoms with Gasteiger partial charge in [0.05, 0.1) is 0 Å². The first-order valence-corrected chi connectivity index (χ1v) is 6.58. The summed E-state index contributed by atoms with van der Waals surface area (Å²) in [5.74, 6) is 0.225. The molecule has 0 aliphatic heterocycles. The van der Waals surface area contributed by atoms with Gasteiger partial charge in [-0.2, -0.15) is 0 Å². The van der Waals surface area contributed by atoms with Crippen LogP contribution in [0.4, 0.5) is 5.69 Å². The Balaban J connectivity index is 2.30. The minimum Gasteiger partial charge on any atom is -0.508 e. The number of nitrogens with zero attached hydrogens (tertiary/aromatic N) is 1. The summed E-state index contributed by atoms with van der Waals surface area (Å²) in [4.78, 5) is 10.5. The van der Waals surface area contributed by atoms with Crippen molar-refractivity contribution in [2.45, 2.75) is 19.4 Å². The summed E-state index contributed by atoms with van der Waals surface area (Å²) in [5.41, 5.74) is 2.31. The quantitative estimate of drug-likeness (QED) is 0.796. The second kappa shape index (κ2) is 6.82. The van der Waals surface area contributed by atoms with Crippen LogP contribution in [0.25, 0.3) is 0 Å². The molecule has 2 aromatic rings. The number of nitroso groups, excluding NO2 is 1. The predicted octanol–water partition coefficient (Wildman–Crippen LogP) is 4.31. The number of benzene rings is 2. The number of hydrogen-bond acceptors (Lipinski definition) is 4. The molecule has 0 saturated heterocycles. The van der Waals surface area contributed by atoms with E-state index in [1.807, 2.05) is 31.2 Å². The Morgan fingerprint density at radius 2 is 1.60 bits per heavy atom. The summed E-state index contributed by atoms with van der Waals surface area (Å²) in [6, 6.07) is 14.0. The topological polar surface area (TPSA) is 58.9 Å². The van der Waals surface area contributed by atoms with Crippen molar-refractivity contribution >= 4 is 5.69 Å². The van der Waals surface area contributed by atoms with Crippen molar-refractivity contribution in [3.8, 4) is 5.75 Å². The van der Waals surface area contributed by atoms with Crippen molar-refractivity contribution in [2.75, 3.05) is 6.61 Å². The van der Waals surface area contributed by atoms with Gasteiger partial charge in [-0.1, -0.05) is 31.2 Å². The molecule has 0 spiro atoms. The number of aromatic hydroxyl groups is 1. The van der Waals surface area contributed by atoms with Crippen LogP contribution in [0.2, 0.25) is 0 Å². The first-order chi connectivity index (χ1) is 9.74. The predicted molar refractivity (Wildman–Crippen MR) is 78.1 cm³/mol. The number of hydrogen-bond donors (Lipinski definition) is 1. The van der Waals surface area contributed by atoms with Crippen LogP contribution in [-0.4, -0.2) is 11.7 Å².